The zero-order valence-corrected chi connectivity index (χ0v) is 14.5. The van der Waals surface area contributed by atoms with E-state index >= 15 is 0 Å². The topological polar surface area (TPSA) is 20.3 Å². The molecule has 0 N–H and O–H groups in total. The van der Waals surface area contributed by atoms with E-state index in [1.165, 1.54) is 6.42 Å². The molecule has 122 valence electrons. The number of hydrogen-bond donors (Lipinski definition) is 0. The highest BCUT2D eigenvalue weighted by Gasteiger charge is 2.29. The monoisotopic (exact) mass is 349 g/mol. The molecule has 1 atom stereocenters. The van der Waals surface area contributed by atoms with Crippen molar-refractivity contribution in [2.75, 3.05) is 13.1 Å². The molecule has 0 spiro atoms. The molecule has 1 fully saturated rings. The lowest BCUT2D eigenvalue weighted by Crippen LogP contribution is -2.38. The Morgan fingerprint density at radius 3 is 2.13 bits per heavy atom. The lowest BCUT2D eigenvalue weighted by molar-refractivity contribution is 0.0783. The summed E-state index contributed by atoms with van der Waals surface area (Å²) in [6, 6.07) is 17.1. The number of carbonyl (C=O) groups is 1. The molecule has 2 aromatic rings. The smallest absolute Gasteiger partial charge is 0.184 e. The third kappa shape index (κ3) is 4.35. The third-order valence-electron chi connectivity index (χ3n) is 4.25. The molecule has 2 aromatic carbocycles. The average Bonchev–Trinajstić information content (AvgIpc) is 2.57. The van der Waals surface area contributed by atoms with Crippen LogP contribution in [0.2, 0.25) is 5.02 Å². The van der Waals surface area contributed by atoms with Crippen LogP contribution in [0.1, 0.15) is 41.2 Å². The molecule has 4 heteroatoms. The number of ketones is 1. The average molecular weight is 350 g/mol. The normalized spacial score (nSPS) is 16.4. The molecule has 1 aliphatic heterocycles. The van der Waals surface area contributed by atoms with E-state index in [1.807, 2.05) is 42.5 Å². The highest BCUT2D eigenvalue weighted by atomic mass is 35.5. The Morgan fingerprint density at radius 1 is 0.913 bits per heavy atom. The van der Waals surface area contributed by atoms with Crippen LogP contribution in [0.4, 0.5) is 0 Å². The minimum absolute atomic E-state index is 0. The summed E-state index contributed by atoms with van der Waals surface area (Å²) in [5.74, 6) is 0.157. The van der Waals surface area contributed by atoms with Crippen molar-refractivity contribution >= 4 is 29.8 Å². The van der Waals surface area contributed by atoms with Gasteiger partial charge in [0.25, 0.3) is 0 Å². The van der Waals surface area contributed by atoms with Crippen LogP contribution in [0.5, 0.6) is 0 Å². The summed E-state index contributed by atoms with van der Waals surface area (Å²) < 4.78 is 0. The van der Waals surface area contributed by atoms with Crippen LogP contribution in [0.15, 0.2) is 54.6 Å². The van der Waals surface area contributed by atoms with Crippen LogP contribution < -0.4 is 0 Å². The molecule has 3 rings (SSSR count). The van der Waals surface area contributed by atoms with Crippen LogP contribution in [-0.4, -0.2) is 23.8 Å². The molecular formula is C19H21Cl2NO. The van der Waals surface area contributed by atoms with Gasteiger partial charge in [-0.2, -0.15) is 0 Å². The minimum Gasteiger partial charge on any atom is -0.292 e. The van der Waals surface area contributed by atoms with Gasteiger partial charge in [-0.05, 0) is 55.8 Å². The van der Waals surface area contributed by atoms with Gasteiger partial charge in [-0.15, -0.1) is 12.4 Å². The van der Waals surface area contributed by atoms with E-state index < -0.39 is 0 Å². The van der Waals surface area contributed by atoms with Gasteiger partial charge >= 0.3 is 0 Å². The lowest BCUT2D eigenvalue weighted by Gasteiger charge is -2.34. The molecule has 2 nitrogen and oxygen atoms in total. The first kappa shape index (κ1) is 18.0. The fourth-order valence-electron chi connectivity index (χ4n) is 3.11. The van der Waals surface area contributed by atoms with Crippen molar-refractivity contribution in [1.82, 2.24) is 4.90 Å². The molecule has 0 aliphatic carbocycles. The largest absolute Gasteiger partial charge is 0.292 e. The first-order valence-corrected chi connectivity index (χ1v) is 8.22. The van der Waals surface area contributed by atoms with Gasteiger partial charge in [-0.3, -0.25) is 9.69 Å². The predicted molar refractivity (Wildman–Crippen MR) is 97.6 cm³/mol. The number of Topliss-reactive ketones (excluding diaryl/α,β-unsaturated/α-hetero) is 1. The summed E-state index contributed by atoms with van der Waals surface area (Å²) in [6.07, 6.45) is 3.58. The number of benzene rings is 2. The van der Waals surface area contributed by atoms with Gasteiger partial charge in [0.15, 0.2) is 5.78 Å². The van der Waals surface area contributed by atoms with Gasteiger partial charge < -0.3 is 0 Å². The Labute approximate surface area is 148 Å². The maximum absolute atomic E-state index is 13.1. The minimum atomic E-state index is -0.192. The van der Waals surface area contributed by atoms with Crippen molar-refractivity contribution in [3.05, 3.63) is 70.7 Å². The second kappa shape index (κ2) is 8.49. The van der Waals surface area contributed by atoms with Gasteiger partial charge in [0.05, 0.1) is 6.04 Å². The lowest BCUT2D eigenvalue weighted by atomic mass is 9.94. The molecule has 0 saturated carbocycles. The summed E-state index contributed by atoms with van der Waals surface area (Å²) in [5.41, 5.74) is 1.80. The highest BCUT2D eigenvalue weighted by Crippen LogP contribution is 2.28. The van der Waals surface area contributed by atoms with Gasteiger partial charge in [0, 0.05) is 10.6 Å². The Morgan fingerprint density at radius 2 is 1.52 bits per heavy atom. The first-order chi connectivity index (χ1) is 10.8. The van der Waals surface area contributed by atoms with Gasteiger partial charge in [0.2, 0.25) is 0 Å². The van der Waals surface area contributed by atoms with Crippen molar-refractivity contribution in [1.29, 1.82) is 0 Å². The van der Waals surface area contributed by atoms with E-state index in [2.05, 4.69) is 4.90 Å². The molecule has 0 aromatic heterocycles. The van der Waals surface area contributed by atoms with Crippen molar-refractivity contribution in [3.63, 3.8) is 0 Å². The number of carbonyl (C=O) groups excluding carboxylic acids is 1. The second-order valence-corrected chi connectivity index (χ2v) is 6.22. The molecule has 1 saturated heterocycles. The van der Waals surface area contributed by atoms with Gasteiger partial charge in [-0.1, -0.05) is 48.4 Å². The summed E-state index contributed by atoms with van der Waals surface area (Å²) in [6.45, 7) is 1.97. The van der Waals surface area contributed by atoms with E-state index in [0.29, 0.717) is 5.02 Å². The van der Waals surface area contributed by atoms with Crippen LogP contribution in [0.25, 0.3) is 0 Å². The number of hydrogen-bond acceptors (Lipinski definition) is 2. The molecule has 1 heterocycles. The third-order valence-corrected chi connectivity index (χ3v) is 4.50. The first-order valence-electron chi connectivity index (χ1n) is 7.84. The standard InChI is InChI=1S/C19H20ClNO.ClH/c20-17-11-9-16(10-12-17)19(22)18(15-7-3-1-4-8-15)21-13-5-2-6-14-21;/h1,3-4,7-12,18H,2,5-6,13-14H2;1H. The van der Waals surface area contributed by atoms with E-state index in [1.54, 1.807) is 12.1 Å². The zero-order valence-electron chi connectivity index (χ0n) is 13.0. The van der Waals surface area contributed by atoms with E-state index in [9.17, 15) is 4.79 Å². The number of piperidine rings is 1. The van der Waals surface area contributed by atoms with Crippen molar-refractivity contribution in [3.8, 4) is 0 Å². The summed E-state index contributed by atoms with van der Waals surface area (Å²) in [4.78, 5) is 15.4. The van der Waals surface area contributed by atoms with Gasteiger partial charge in [0.1, 0.15) is 0 Å². The maximum atomic E-state index is 13.1. The second-order valence-electron chi connectivity index (χ2n) is 5.78. The van der Waals surface area contributed by atoms with Crippen LogP contribution in [0.3, 0.4) is 0 Å². The molecule has 1 aliphatic rings. The number of rotatable bonds is 4. The number of nitrogens with zero attached hydrogens (tertiary/aromatic N) is 1. The van der Waals surface area contributed by atoms with E-state index in [-0.39, 0.29) is 24.2 Å². The fraction of sp³-hybridized carbons (Fsp3) is 0.316. The Balaban J connectivity index is 0.00000192. The summed E-state index contributed by atoms with van der Waals surface area (Å²) >= 11 is 5.94. The fourth-order valence-corrected chi connectivity index (χ4v) is 3.24. The van der Waals surface area contributed by atoms with Crippen molar-refractivity contribution in [2.45, 2.75) is 25.3 Å². The number of likely N-dealkylation sites (tertiary alicyclic amines) is 1. The van der Waals surface area contributed by atoms with Crippen molar-refractivity contribution < 1.29 is 4.79 Å². The summed E-state index contributed by atoms with van der Waals surface area (Å²) in [5, 5.41) is 0.658. The number of halogens is 2. The maximum Gasteiger partial charge on any atom is 0.184 e. The summed E-state index contributed by atoms with van der Waals surface area (Å²) in [7, 11) is 0. The van der Waals surface area contributed by atoms with E-state index in [4.69, 9.17) is 11.6 Å². The zero-order chi connectivity index (χ0) is 15.4. The quantitative estimate of drug-likeness (QED) is 0.709. The van der Waals surface area contributed by atoms with E-state index in [0.717, 1.165) is 37.1 Å². The van der Waals surface area contributed by atoms with Crippen LogP contribution in [-0.2, 0) is 0 Å². The highest BCUT2D eigenvalue weighted by molar-refractivity contribution is 6.30. The predicted octanol–water partition coefficient (Wildman–Crippen LogP) is 5.17. The SMILES string of the molecule is Cl.O=C(c1ccc(Cl)cc1)C(c1ccccc1)N1CCCCC1. The Bertz CT molecular complexity index is 622. The molecule has 0 bridgehead atoms. The Kier molecular flexibility index (Phi) is 6.64. The molecular weight excluding hydrogens is 329 g/mol. The Hall–Kier alpha value is -1.35. The van der Waals surface area contributed by atoms with Crippen LogP contribution in [0, 0.1) is 0 Å². The molecule has 0 radical (unpaired) electrons. The molecule has 0 amide bonds. The molecule has 23 heavy (non-hydrogen) atoms. The molecule has 1 unspecified atom stereocenters. The van der Waals surface area contributed by atoms with Gasteiger partial charge in [-0.25, -0.2) is 0 Å². The van der Waals surface area contributed by atoms with Crippen LogP contribution >= 0.6 is 24.0 Å². The van der Waals surface area contributed by atoms with Crippen molar-refractivity contribution in [2.24, 2.45) is 0 Å².